The Hall–Kier alpha value is -0.900. The van der Waals surface area contributed by atoms with E-state index in [1.807, 2.05) is 0 Å². The highest BCUT2D eigenvalue weighted by Crippen LogP contribution is 2.25. The summed E-state index contributed by atoms with van der Waals surface area (Å²) in [6, 6.07) is 0.342. The number of hydrogen-bond acceptors (Lipinski definition) is 3. The smallest absolute Gasteiger partial charge is 0.149 e. The summed E-state index contributed by atoms with van der Waals surface area (Å²) in [5, 5.41) is 12.1. The van der Waals surface area contributed by atoms with Gasteiger partial charge in [-0.05, 0) is 19.8 Å². The molecule has 2 heterocycles. The van der Waals surface area contributed by atoms with Crippen molar-refractivity contribution in [3.05, 3.63) is 11.6 Å². The van der Waals surface area contributed by atoms with E-state index in [0.29, 0.717) is 12.0 Å². The summed E-state index contributed by atoms with van der Waals surface area (Å²) in [5.41, 5.74) is 0. The molecule has 0 bridgehead atoms. The largest absolute Gasteiger partial charge is 0.312 e. The van der Waals surface area contributed by atoms with Gasteiger partial charge in [0.15, 0.2) is 0 Å². The molecular formula is C11H20N4. The van der Waals surface area contributed by atoms with Crippen molar-refractivity contribution in [3.8, 4) is 0 Å². The fraction of sp³-hybridized carbons (Fsp3) is 0.818. The molecule has 0 amide bonds. The predicted octanol–water partition coefficient (Wildman–Crippen LogP) is 1.85. The Balaban J connectivity index is 2.33. The number of rotatable bonds is 3. The van der Waals surface area contributed by atoms with E-state index >= 15 is 0 Å². The summed E-state index contributed by atoms with van der Waals surface area (Å²) in [4.78, 5) is 0. The molecule has 0 aliphatic carbocycles. The van der Waals surface area contributed by atoms with Gasteiger partial charge in [0.2, 0.25) is 0 Å². The minimum Gasteiger partial charge on any atom is -0.312 e. The molecule has 1 N–H and O–H groups in total. The van der Waals surface area contributed by atoms with Gasteiger partial charge in [-0.1, -0.05) is 13.8 Å². The first-order valence-corrected chi connectivity index (χ1v) is 5.94. The normalized spacial score (nSPS) is 20.7. The molecule has 0 saturated heterocycles. The van der Waals surface area contributed by atoms with Crippen LogP contribution >= 0.6 is 0 Å². The maximum absolute atomic E-state index is 4.36. The van der Waals surface area contributed by atoms with Crippen molar-refractivity contribution in [1.29, 1.82) is 0 Å². The SMILES string of the molecule is CCC(CC)c1nnc2n1CCNC2C. The topological polar surface area (TPSA) is 42.7 Å². The molecule has 0 saturated carbocycles. The van der Waals surface area contributed by atoms with E-state index in [1.165, 1.54) is 5.82 Å². The molecule has 4 nitrogen and oxygen atoms in total. The maximum atomic E-state index is 4.36. The molecule has 0 radical (unpaired) electrons. The molecule has 0 fully saturated rings. The predicted molar refractivity (Wildman–Crippen MR) is 59.8 cm³/mol. The van der Waals surface area contributed by atoms with Crippen molar-refractivity contribution < 1.29 is 0 Å². The average molecular weight is 208 g/mol. The van der Waals surface area contributed by atoms with Crippen molar-refractivity contribution in [2.75, 3.05) is 6.54 Å². The van der Waals surface area contributed by atoms with E-state index in [1.54, 1.807) is 0 Å². The second-order valence-electron chi connectivity index (χ2n) is 4.26. The Morgan fingerprint density at radius 2 is 2.13 bits per heavy atom. The maximum Gasteiger partial charge on any atom is 0.149 e. The molecule has 0 spiro atoms. The fourth-order valence-corrected chi connectivity index (χ4v) is 2.32. The van der Waals surface area contributed by atoms with E-state index in [9.17, 15) is 0 Å². The fourth-order valence-electron chi connectivity index (χ4n) is 2.32. The molecule has 15 heavy (non-hydrogen) atoms. The first-order chi connectivity index (χ1) is 7.27. The molecule has 1 aromatic rings. The Bertz CT molecular complexity index is 327. The van der Waals surface area contributed by atoms with E-state index < -0.39 is 0 Å². The van der Waals surface area contributed by atoms with Crippen LogP contribution in [0.15, 0.2) is 0 Å². The van der Waals surface area contributed by atoms with Gasteiger partial charge >= 0.3 is 0 Å². The molecule has 1 aliphatic rings. The van der Waals surface area contributed by atoms with Gasteiger partial charge in [0.05, 0.1) is 6.04 Å². The summed E-state index contributed by atoms with van der Waals surface area (Å²) < 4.78 is 2.30. The zero-order valence-corrected chi connectivity index (χ0v) is 9.82. The van der Waals surface area contributed by atoms with E-state index in [0.717, 1.165) is 31.8 Å². The summed E-state index contributed by atoms with van der Waals surface area (Å²) in [6.07, 6.45) is 2.30. The van der Waals surface area contributed by atoms with Crippen LogP contribution in [0.3, 0.4) is 0 Å². The van der Waals surface area contributed by atoms with Crippen LogP contribution in [0.1, 0.15) is 57.2 Å². The molecule has 0 aromatic carbocycles. The first kappa shape index (κ1) is 10.6. The van der Waals surface area contributed by atoms with Crippen LogP contribution in [-0.4, -0.2) is 21.3 Å². The molecule has 1 atom stereocenters. The Morgan fingerprint density at radius 3 is 2.80 bits per heavy atom. The van der Waals surface area contributed by atoms with E-state index in [2.05, 4.69) is 40.9 Å². The first-order valence-electron chi connectivity index (χ1n) is 5.94. The summed E-state index contributed by atoms with van der Waals surface area (Å²) in [5.74, 6) is 2.85. The van der Waals surface area contributed by atoms with E-state index in [-0.39, 0.29) is 0 Å². The van der Waals surface area contributed by atoms with Crippen molar-refractivity contribution >= 4 is 0 Å². The summed E-state index contributed by atoms with van der Waals surface area (Å²) >= 11 is 0. The zero-order chi connectivity index (χ0) is 10.8. The lowest BCUT2D eigenvalue weighted by molar-refractivity contribution is 0.419. The number of nitrogens with one attached hydrogen (secondary N) is 1. The average Bonchev–Trinajstić information content (AvgIpc) is 2.66. The van der Waals surface area contributed by atoms with Crippen molar-refractivity contribution in [1.82, 2.24) is 20.1 Å². The second kappa shape index (κ2) is 4.31. The van der Waals surface area contributed by atoms with Gasteiger partial charge in [-0.3, -0.25) is 0 Å². The molecule has 1 aromatic heterocycles. The monoisotopic (exact) mass is 208 g/mol. The highest BCUT2D eigenvalue weighted by molar-refractivity contribution is 5.07. The van der Waals surface area contributed by atoms with Crippen LogP contribution in [0.4, 0.5) is 0 Å². The van der Waals surface area contributed by atoms with Gasteiger partial charge in [-0.15, -0.1) is 10.2 Å². The summed E-state index contributed by atoms with van der Waals surface area (Å²) in [6.45, 7) is 8.63. The summed E-state index contributed by atoms with van der Waals surface area (Å²) in [7, 11) is 0. The standard InChI is InChI=1S/C11H20N4/c1-4-9(5-2)11-14-13-10-8(3)12-6-7-15(10)11/h8-9,12H,4-7H2,1-3H3. The van der Waals surface area contributed by atoms with Crippen LogP contribution < -0.4 is 5.32 Å². The lowest BCUT2D eigenvalue weighted by Crippen LogP contribution is -2.32. The highest BCUT2D eigenvalue weighted by Gasteiger charge is 2.24. The minimum atomic E-state index is 0.342. The third kappa shape index (κ3) is 1.78. The van der Waals surface area contributed by atoms with Crippen molar-refractivity contribution in [3.63, 3.8) is 0 Å². The van der Waals surface area contributed by atoms with Gasteiger partial charge in [0.25, 0.3) is 0 Å². The number of hydrogen-bond donors (Lipinski definition) is 1. The van der Waals surface area contributed by atoms with Gasteiger partial charge in [-0.25, -0.2) is 0 Å². The minimum absolute atomic E-state index is 0.342. The molecule has 2 rings (SSSR count). The van der Waals surface area contributed by atoms with Crippen LogP contribution in [0.2, 0.25) is 0 Å². The Kier molecular flexibility index (Phi) is 3.05. The van der Waals surface area contributed by atoms with Crippen LogP contribution in [0.25, 0.3) is 0 Å². The lowest BCUT2D eigenvalue weighted by Gasteiger charge is -2.23. The third-order valence-electron chi connectivity index (χ3n) is 3.33. The zero-order valence-electron chi connectivity index (χ0n) is 9.82. The van der Waals surface area contributed by atoms with E-state index in [4.69, 9.17) is 0 Å². The van der Waals surface area contributed by atoms with Gasteiger partial charge in [-0.2, -0.15) is 0 Å². The van der Waals surface area contributed by atoms with Crippen LogP contribution in [-0.2, 0) is 6.54 Å². The lowest BCUT2D eigenvalue weighted by atomic mass is 10.0. The molecule has 1 aliphatic heterocycles. The molecule has 84 valence electrons. The quantitative estimate of drug-likeness (QED) is 0.824. The molecule has 1 unspecified atom stereocenters. The molecule has 4 heteroatoms. The van der Waals surface area contributed by atoms with Crippen LogP contribution in [0.5, 0.6) is 0 Å². The Morgan fingerprint density at radius 1 is 1.40 bits per heavy atom. The Labute approximate surface area is 91.1 Å². The number of fused-ring (bicyclic) bond motifs is 1. The van der Waals surface area contributed by atoms with Gasteiger partial charge in [0.1, 0.15) is 11.6 Å². The molecular weight excluding hydrogens is 188 g/mol. The van der Waals surface area contributed by atoms with Gasteiger partial charge in [0, 0.05) is 19.0 Å². The highest BCUT2D eigenvalue weighted by atomic mass is 15.3. The number of nitrogens with zero attached hydrogens (tertiary/aromatic N) is 3. The van der Waals surface area contributed by atoms with Crippen molar-refractivity contribution in [2.24, 2.45) is 0 Å². The van der Waals surface area contributed by atoms with Crippen LogP contribution in [0, 0.1) is 0 Å². The number of aromatic nitrogens is 3. The second-order valence-corrected chi connectivity index (χ2v) is 4.26. The van der Waals surface area contributed by atoms with Crippen molar-refractivity contribution in [2.45, 2.75) is 52.1 Å². The van der Waals surface area contributed by atoms with Gasteiger partial charge < -0.3 is 9.88 Å². The third-order valence-corrected chi connectivity index (χ3v) is 3.33.